The van der Waals surface area contributed by atoms with Crippen molar-refractivity contribution in [2.24, 2.45) is 0 Å². The van der Waals surface area contributed by atoms with Crippen molar-refractivity contribution >= 4 is 40.9 Å². The Morgan fingerprint density at radius 1 is 1.21 bits per heavy atom. The molecule has 0 saturated heterocycles. The first-order valence-corrected chi connectivity index (χ1v) is 8.28. The first kappa shape index (κ1) is 19.2. The van der Waals surface area contributed by atoms with Crippen molar-refractivity contribution in [3.05, 3.63) is 63.2 Å². The fourth-order valence-electron chi connectivity index (χ4n) is 2.32. The standard InChI is InChI=1S/C18H13ClN2O7/c19-12-3-4-14(21(24)25)13(8-12)20-17(22)9-26-18(23)6-2-11-1-5-15-16(7-11)28-10-27-15/h1-8H,9-10H2,(H,20,22)/b6-2+. The van der Waals surface area contributed by atoms with Crippen LogP contribution in [0.15, 0.2) is 42.5 Å². The summed E-state index contributed by atoms with van der Waals surface area (Å²) >= 11 is 5.78. The van der Waals surface area contributed by atoms with Gasteiger partial charge in [-0.15, -0.1) is 0 Å². The van der Waals surface area contributed by atoms with Crippen molar-refractivity contribution in [2.75, 3.05) is 18.7 Å². The van der Waals surface area contributed by atoms with Gasteiger partial charge in [0.05, 0.1) is 4.92 Å². The summed E-state index contributed by atoms with van der Waals surface area (Å²) in [5, 5.41) is 13.5. The van der Waals surface area contributed by atoms with Crippen LogP contribution in [-0.2, 0) is 14.3 Å². The Bertz CT molecular complexity index is 974. The lowest BCUT2D eigenvalue weighted by molar-refractivity contribution is -0.383. The largest absolute Gasteiger partial charge is 0.454 e. The Balaban J connectivity index is 1.54. The first-order valence-electron chi connectivity index (χ1n) is 7.90. The van der Waals surface area contributed by atoms with E-state index in [0.29, 0.717) is 17.1 Å². The highest BCUT2D eigenvalue weighted by Gasteiger charge is 2.17. The molecule has 0 radical (unpaired) electrons. The number of nitrogens with zero attached hydrogens (tertiary/aromatic N) is 1. The maximum atomic E-state index is 11.9. The molecule has 1 amide bonds. The zero-order valence-corrected chi connectivity index (χ0v) is 15.0. The van der Waals surface area contributed by atoms with Gasteiger partial charge < -0.3 is 19.5 Å². The Kier molecular flexibility index (Phi) is 5.75. The Morgan fingerprint density at radius 3 is 2.79 bits per heavy atom. The van der Waals surface area contributed by atoms with Crippen molar-refractivity contribution in [1.29, 1.82) is 0 Å². The van der Waals surface area contributed by atoms with Crippen LogP contribution in [0.3, 0.4) is 0 Å². The minimum absolute atomic E-state index is 0.0885. The van der Waals surface area contributed by atoms with Crippen LogP contribution in [0.4, 0.5) is 11.4 Å². The van der Waals surface area contributed by atoms with E-state index in [4.69, 9.17) is 25.8 Å². The predicted octanol–water partition coefficient (Wildman–Crippen LogP) is 3.17. The lowest BCUT2D eigenvalue weighted by Crippen LogP contribution is -2.20. The smallest absolute Gasteiger partial charge is 0.331 e. The molecule has 0 atom stereocenters. The Morgan fingerprint density at radius 2 is 2.00 bits per heavy atom. The summed E-state index contributed by atoms with van der Waals surface area (Å²) in [5.41, 5.74) is 0.265. The second-order valence-electron chi connectivity index (χ2n) is 5.52. The van der Waals surface area contributed by atoms with Gasteiger partial charge in [-0.05, 0) is 35.9 Å². The van der Waals surface area contributed by atoms with Gasteiger partial charge in [-0.2, -0.15) is 0 Å². The topological polar surface area (TPSA) is 117 Å². The van der Waals surface area contributed by atoms with Crippen molar-refractivity contribution < 1.29 is 28.7 Å². The van der Waals surface area contributed by atoms with Crippen LogP contribution < -0.4 is 14.8 Å². The molecule has 10 heteroatoms. The molecule has 144 valence electrons. The van der Waals surface area contributed by atoms with E-state index in [-0.39, 0.29) is 23.2 Å². The third-order valence-electron chi connectivity index (χ3n) is 3.58. The molecule has 2 aromatic carbocycles. The number of amides is 1. The van der Waals surface area contributed by atoms with E-state index in [1.807, 2.05) is 0 Å². The second kappa shape index (κ2) is 8.40. The van der Waals surface area contributed by atoms with Crippen LogP contribution in [0, 0.1) is 10.1 Å². The highest BCUT2D eigenvalue weighted by Crippen LogP contribution is 2.32. The average Bonchev–Trinajstić information content (AvgIpc) is 3.12. The van der Waals surface area contributed by atoms with E-state index < -0.39 is 23.4 Å². The van der Waals surface area contributed by atoms with E-state index in [1.165, 1.54) is 18.2 Å². The number of halogens is 1. The molecular formula is C18H13ClN2O7. The summed E-state index contributed by atoms with van der Waals surface area (Å²) < 4.78 is 15.2. The summed E-state index contributed by atoms with van der Waals surface area (Å²) in [6, 6.07) is 8.85. The number of nitro benzene ring substituents is 1. The van der Waals surface area contributed by atoms with Gasteiger partial charge >= 0.3 is 5.97 Å². The molecule has 9 nitrogen and oxygen atoms in total. The van der Waals surface area contributed by atoms with Gasteiger partial charge in [0.1, 0.15) is 5.69 Å². The molecule has 0 fully saturated rings. The molecule has 3 rings (SSSR count). The minimum atomic E-state index is -0.756. The van der Waals surface area contributed by atoms with Gasteiger partial charge in [-0.3, -0.25) is 14.9 Å². The van der Waals surface area contributed by atoms with E-state index in [0.717, 1.165) is 12.1 Å². The number of nitrogens with one attached hydrogen (secondary N) is 1. The number of esters is 1. The predicted molar refractivity (Wildman–Crippen MR) is 99.3 cm³/mol. The number of ether oxygens (including phenoxy) is 3. The SMILES string of the molecule is O=C(COC(=O)/C=C/c1ccc2c(c1)OCO2)Nc1cc(Cl)ccc1[N+](=O)[O-]. The van der Waals surface area contributed by atoms with E-state index in [1.54, 1.807) is 18.2 Å². The lowest BCUT2D eigenvalue weighted by atomic mass is 10.2. The van der Waals surface area contributed by atoms with E-state index in [2.05, 4.69) is 5.32 Å². The molecule has 2 aromatic rings. The summed E-state index contributed by atoms with van der Waals surface area (Å²) in [6.45, 7) is -0.474. The molecule has 1 heterocycles. The third kappa shape index (κ3) is 4.77. The van der Waals surface area contributed by atoms with Gasteiger partial charge in [0.15, 0.2) is 18.1 Å². The van der Waals surface area contributed by atoms with Crippen molar-refractivity contribution in [1.82, 2.24) is 0 Å². The molecule has 0 unspecified atom stereocenters. The molecule has 1 N–H and O–H groups in total. The van der Waals surface area contributed by atoms with Crippen LogP contribution >= 0.6 is 11.6 Å². The van der Waals surface area contributed by atoms with Crippen molar-refractivity contribution in [3.63, 3.8) is 0 Å². The number of carbonyl (C=O) groups is 2. The number of anilines is 1. The zero-order chi connectivity index (χ0) is 20.1. The van der Waals surface area contributed by atoms with Gasteiger partial charge in [0.2, 0.25) is 6.79 Å². The highest BCUT2D eigenvalue weighted by molar-refractivity contribution is 6.31. The summed E-state index contributed by atoms with van der Waals surface area (Å²) in [6.07, 6.45) is 2.64. The number of benzene rings is 2. The van der Waals surface area contributed by atoms with Crippen molar-refractivity contribution in [3.8, 4) is 11.5 Å². The lowest BCUT2D eigenvalue weighted by Gasteiger charge is -2.06. The quantitative estimate of drug-likeness (QED) is 0.340. The van der Waals surface area contributed by atoms with Crippen LogP contribution in [0.5, 0.6) is 11.5 Å². The number of hydrogen-bond donors (Lipinski definition) is 1. The molecule has 0 bridgehead atoms. The van der Waals surface area contributed by atoms with Gasteiger partial charge in [-0.25, -0.2) is 4.79 Å². The fraction of sp³-hybridized carbons (Fsp3) is 0.111. The molecule has 28 heavy (non-hydrogen) atoms. The average molecular weight is 405 g/mol. The zero-order valence-electron chi connectivity index (χ0n) is 14.2. The first-order chi connectivity index (χ1) is 13.4. The Hall–Kier alpha value is -3.59. The van der Waals surface area contributed by atoms with Crippen molar-refractivity contribution in [2.45, 2.75) is 0 Å². The molecule has 0 aliphatic carbocycles. The number of rotatable bonds is 6. The molecule has 0 saturated carbocycles. The molecule has 1 aliphatic rings. The van der Waals surface area contributed by atoms with Crippen LogP contribution in [0.25, 0.3) is 6.08 Å². The molecule has 0 spiro atoms. The molecular weight excluding hydrogens is 392 g/mol. The van der Waals surface area contributed by atoms with Crippen LogP contribution in [0.1, 0.15) is 5.56 Å². The number of fused-ring (bicyclic) bond motifs is 1. The highest BCUT2D eigenvalue weighted by atomic mass is 35.5. The van der Waals surface area contributed by atoms with Gasteiger partial charge in [0, 0.05) is 17.2 Å². The van der Waals surface area contributed by atoms with E-state index >= 15 is 0 Å². The third-order valence-corrected chi connectivity index (χ3v) is 3.82. The second-order valence-corrected chi connectivity index (χ2v) is 5.96. The number of hydrogen-bond acceptors (Lipinski definition) is 7. The fourth-order valence-corrected chi connectivity index (χ4v) is 2.49. The Labute approximate surface area is 163 Å². The maximum Gasteiger partial charge on any atom is 0.331 e. The molecule has 1 aliphatic heterocycles. The normalized spacial score (nSPS) is 12.0. The van der Waals surface area contributed by atoms with Gasteiger partial charge in [-0.1, -0.05) is 17.7 Å². The maximum absolute atomic E-state index is 11.9. The summed E-state index contributed by atoms with van der Waals surface area (Å²) in [4.78, 5) is 34.0. The minimum Gasteiger partial charge on any atom is -0.454 e. The van der Waals surface area contributed by atoms with E-state index in [9.17, 15) is 19.7 Å². The summed E-state index contributed by atoms with van der Waals surface area (Å²) in [7, 11) is 0. The number of carbonyl (C=O) groups excluding carboxylic acids is 2. The van der Waals surface area contributed by atoms with Crippen LogP contribution in [-0.4, -0.2) is 30.2 Å². The molecule has 0 aromatic heterocycles. The van der Waals surface area contributed by atoms with Crippen LogP contribution in [0.2, 0.25) is 5.02 Å². The van der Waals surface area contributed by atoms with Gasteiger partial charge in [0.25, 0.3) is 11.6 Å². The monoisotopic (exact) mass is 404 g/mol. The number of nitro groups is 1. The summed E-state index contributed by atoms with van der Waals surface area (Å²) in [5.74, 6) is -0.312.